The molecule has 1 atom stereocenters. The summed E-state index contributed by atoms with van der Waals surface area (Å²) in [5.74, 6) is -1.12. The second-order valence-electron chi connectivity index (χ2n) is 5.74. The molecular weight excluding hydrogens is 388 g/mol. The van der Waals surface area contributed by atoms with Gasteiger partial charge in [0.2, 0.25) is 10.0 Å². The van der Waals surface area contributed by atoms with Crippen molar-refractivity contribution in [2.45, 2.75) is 29.3 Å². The lowest BCUT2D eigenvalue weighted by atomic mass is 10.1. The fourth-order valence-corrected chi connectivity index (χ4v) is 4.47. The van der Waals surface area contributed by atoms with Crippen molar-refractivity contribution in [2.75, 3.05) is 24.2 Å². The van der Waals surface area contributed by atoms with Gasteiger partial charge in [-0.1, -0.05) is 0 Å². The Morgan fingerprint density at radius 1 is 1.20 bits per heavy atom. The number of alkyl halides is 3. The fourth-order valence-electron chi connectivity index (χ4n) is 2.68. The Morgan fingerprint density at radius 2 is 1.84 bits per heavy atom. The zero-order chi connectivity index (χ0) is 19.0. The molecule has 1 aliphatic rings. The molecule has 12 heteroatoms. The normalized spacial score (nSPS) is 19.9. The summed E-state index contributed by atoms with van der Waals surface area (Å²) in [5.41, 5.74) is -5.88. The van der Waals surface area contributed by atoms with E-state index in [0.29, 0.717) is 18.9 Å². The minimum Gasteiger partial charge on any atom is -0.369 e. The molecule has 1 saturated heterocycles. The summed E-state index contributed by atoms with van der Waals surface area (Å²) in [7, 11) is -9.28. The van der Waals surface area contributed by atoms with Gasteiger partial charge in [0.15, 0.2) is 0 Å². The van der Waals surface area contributed by atoms with Gasteiger partial charge in [0.25, 0.3) is 9.84 Å². The first-order chi connectivity index (χ1) is 11.3. The van der Waals surface area contributed by atoms with Crippen molar-refractivity contribution in [1.29, 1.82) is 0 Å². The van der Waals surface area contributed by atoms with Crippen LogP contribution in [0.5, 0.6) is 0 Å². The number of anilines is 1. The monoisotopic (exact) mass is 404 g/mol. The number of nitrogens with one attached hydrogen (secondary N) is 1. The number of nitrogens with zero attached hydrogens (tertiary/aromatic N) is 1. The van der Waals surface area contributed by atoms with E-state index in [2.05, 4.69) is 4.72 Å². The summed E-state index contributed by atoms with van der Waals surface area (Å²) in [5, 5.41) is 0. The van der Waals surface area contributed by atoms with Gasteiger partial charge in [0, 0.05) is 19.1 Å². The summed E-state index contributed by atoms with van der Waals surface area (Å²) in [6.07, 6.45) is 1.82. The third-order valence-electron chi connectivity index (χ3n) is 3.66. The Labute approximate surface area is 142 Å². The molecule has 0 radical (unpaired) electrons. The molecule has 0 aliphatic carbocycles. The van der Waals surface area contributed by atoms with Gasteiger partial charge in [0.05, 0.1) is 11.9 Å². The van der Waals surface area contributed by atoms with Gasteiger partial charge in [-0.05, 0) is 31.0 Å². The average molecular weight is 404 g/mol. The van der Waals surface area contributed by atoms with Gasteiger partial charge in [-0.15, -0.1) is 0 Å². The molecule has 1 unspecified atom stereocenters. The molecule has 1 aliphatic heterocycles. The standard InChI is InChI=1S/C13H16F4N2O4S2/c1-24(20,21)18-10-3-2-6-19(8-10)11-5-4-9(14)7-12(11)25(22,23)13(15,16)17/h4-5,7,10,18H,2-3,6,8H2,1H3. The van der Waals surface area contributed by atoms with Crippen LogP contribution in [-0.2, 0) is 19.9 Å². The van der Waals surface area contributed by atoms with Crippen molar-refractivity contribution < 1.29 is 34.4 Å². The quantitative estimate of drug-likeness (QED) is 0.772. The van der Waals surface area contributed by atoms with Crippen LogP contribution in [0.4, 0.5) is 23.2 Å². The zero-order valence-electron chi connectivity index (χ0n) is 13.0. The van der Waals surface area contributed by atoms with Crippen molar-refractivity contribution >= 4 is 25.5 Å². The lowest BCUT2D eigenvalue weighted by Gasteiger charge is -2.35. The molecule has 0 spiro atoms. The first kappa shape index (κ1) is 19.9. The van der Waals surface area contributed by atoms with Crippen molar-refractivity contribution in [3.05, 3.63) is 24.0 Å². The van der Waals surface area contributed by atoms with Gasteiger partial charge in [-0.25, -0.2) is 25.9 Å². The predicted molar refractivity (Wildman–Crippen MR) is 82.9 cm³/mol. The Kier molecular flexibility index (Phi) is 5.36. The Morgan fingerprint density at radius 3 is 2.40 bits per heavy atom. The van der Waals surface area contributed by atoms with Crippen LogP contribution in [0.3, 0.4) is 0 Å². The average Bonchev–Trinajstić information content (AvgIpc) is 2.44. The van der Waals surface area contributed by atoms with E-state index in [9.17, 15) is 34.4 Å². The highest BCUT2D eigenvalue weighted by Crippen LogP contribution is 2.37. The number of hydrogen-bond acceptors (Lipinski definition) is 5. The summed E-state index contributed by atoms with van der Waals surface area (Å²) in [4.78, 5) is 0.129. The molecule has 0 saturated carbocycles. The number of benzene rings is 1. The van der Waals surface area contributed by atoms with E-state index in [-0.39, 0.29) is 18.8 Å². The molecular formula is C13H16F4N2O4S2. The number of halogens is 4. The fraction of sp³-hybridized carbons (Fsp3) is 0.538. The van der Waals surface area contributed by atoms with Gasteiger partial charge in [-0.3, -0.25) is 0 Å². The molecule has 0 aromatic heterocycles. The number of sulfone groups is 1. The lowest BCUT2D eigenvalue weighted by Crippen LogP contribution is -2.47. The molecule has 0 bridgehead atoms. The summed E-state index contributed by atoms with van der Waals surface area (Å²) in [6.45, 7) is 0.188. The second kappa shape index (κ2) is 6.72. The molecule has 1 aromatic rings. The predicted octanol–water partition coefficient (Wildman–Crippen LogP) is 1.64. The minimum atomic E-state index is -5.75. The number of rotatable bonds is 4. The molecule has 25 heavy (non-hydrogen) atoms. The van der Waals surface area contributed by atoms with Gasteiger partial charge in [-0.2, -0.15) is 13.2 Å². The molecule has 1 N–H and O–H groups in total. The van der Waals surface area contributed by atoms with Crippen LogP contribution in [0.2, 0.25) is 0 Å². The number of sulfonamides is 1. The largest absolute Gasteiger partial charge is 0.501 e. The van der Waals surface area contributed by atoms with Crippen LogP contribution in [0.25, 0.3) is 0 Å². The molecule has 1 heterocycles. The Balaban J connectivity index is 2.43. The molecule has 1 aromatic carbocycles. The first-order valence-electron chi connectivity index (χ1n) is 7.14. The van der Waals surface area contributed by atoms with Gasteiger partial charge >= 0.3 is 5.51 Å². The van der Waals surface area contributed by atoms with Crippen LogP contribution in [0.1, 0.15) is 12.8 Å². The van der Waals surface area contributed by atoms with E-state index in [1.165, 1.54) is 4.90 Å². The first-order valence-corrected chi connectivity index (χ1v) is 10.5. The maximum Gasteiger partial charge on any atom is 0.501 e. The maximum atomic E-state index is 13.4. The van der Waals surface area contributed by atoms with Gasteiger partial charge in [0.1, 0.15) is 10.7 Å². The molecule has 0 amide bonds. The van der Waals surface area contributed by atoms with Crippen LogP contribution < -0.4 is 9.62 Å². The van der Waals surface area contributed by atoms with E-state index in [0.717, 1.165) is 18.4 Å². The second-order valence-corrected chi connectivity index (χ2v) is 9.43. The Bertz CT molecular complexity index is 853. The highest BCUT2D eigenvalue weighted by atomic mass is 32.2. The van der Waals surface area contributed by atoms with Crippen molar-refractivity contribution in [2.24, 2.45) is 0 Å². The molecule has 6 nitrogen and oxygen atoms in total. The number of hydrogen-bond donors (Lipinski definition) is 1. The van der Waals surface area contributed by atoms with Crippen molar-refractivity contribution in [3.8, 4) is 0 Å². The van der Waals surface area contributed by atoms with Crippen LogP contribution in [0.15, 0.2) is 23.1 Å². The molecule has 1 fully saturated rings. The van der Waals surface area contributed by atoms with Crippen molar-refractivity contribution in [3.63, 3.8) is 0 Å². The van der Waals surface area contributed by atoms with Crippen molar-refractivity contribution in [1.82, 2.24) is 4.72 Å². The summed E-state index contributed by atoms with van der Waals surface area (Å²) in [6, 6.07) is 1.55. The molecule has 142 valence electrons. The summed E-state index contributed by atoms with van der Waals surface area (Å²) >= 11 is 0. The van der Waals surface area contributed by atoms with E-state index < -0.39 is 42.1 Å². The SMILES string of the molecule is CS(=O)(=O)NC1CCCN(c2ccc(F)cc2S(=O)(=O)C(F)(F)F)C1. The number of piperidine rings is 1. The van der Waals surface area contributed by atoms with Crippen LogP contribution >= 0.6 is 0 Å². The van der Waals surface area contributed by atoms with E-state index >= 15 is 0 Å². The minimum absolute atomic E-state index is 0.0287. The lowest BCUT2D eigenvalue weighted by molar-refractivity contribution is -0.0435. The maximum absolute atomic E-state index is 13.4. The smallest absolute Gasteiger partial charge is 0.369 e. The highest BCUT2D eigenvalue weighted by Gasteiger charge is 2.48. The van der Waals surface area contributed by atoms with E-state index in [4.69, 9.17) is 0 Å². The highest BCUT2D eigenvalue weighted by molar-refractivity contribution is 7.92. The summed E-state index contributed by atoms with van der Waals surface area (Å²) < 4.78 is 101. The van der Waals surface area contributed by atoms with E-state index in [1.54, 1.807) is 0 Å². The molecule has 2 rings (SSSR count). The van der Waals surface area contributed by atoms with Crippen LogP contribution in [0, 0.1) is 5.82 Å². The van der Waals surface area contributed by atoms with Gasteiger partial charge < -0.3 is 4.90 Å². The zero-order valence-corrected chi connectivity index (χ0v) is 14.7. The third-order valence-corrected chi connectivity index (χ3v) is 5.94. The Hall–Kier alpha value is -1.40. The third kappa shape index (κ3) is 4.61. The topological polar surface area (TPSA) is 83.6 Å². The van der Waals surface area contributed by atoms with Crippen LogP contribution in [-0.4, -0.2) is 47.7 Å². The van der Waals surface area contributed by atoms with E-state index in [1.807, 2.05) is 0 Å².